The molecule has 0 N–H and O–H groups in total. The van der Waals surface area contributed by atoms with E-state index in [0.717, 1.165) is 17.7 Å². The number of hydrogen-bond donors (Lipinski definition) is 0. The van der Waals surface area contributed by atoms with Crippen molar-refractivity contribution in [2.45, 2.75) is 36.5 Å². The van der Waals surface area contributed by atoms with E-state index in [1.165, 1.54) is 5.56 Å². The summed E-state index contributed by atoms with van der Waals surface area (Å²) in [7, 11) is -1.85. The van der Waals surface area contributed by atoms with Crippen LogP contribution >= 0.6 is 0 Å². The smallest absolute Gasteiger partial charge is 0.243 e. The van der Waals surface area contributed by atoms with Crippen LogP contribution in [-0.4, -0.2) is 38.8 Å². The molecular weight excluding hydrogens is 360 g/mol. The van der Waals surface area contributed by atoms with E-state index in [2.05, 4.69) is 12.1 Å². The van der Waals surface area contributed by atoms with Gasteiger partial charge in [0.05, 0.1) is 10.3 Å². The number of anilines is 1. The van der Waals surface area contributed by atoms with E-state index < -0.39 is 15.4 Å². The summed E-state index contributed by atoms with van der Waals surface area (Å²) in [5.41, 5.74) is 2.02. The fourth-order valence-corrected chi connectivity index (χ4v) is 5.73. The van der Waals surface area contributed by atoms with Gasteiger partial charge in [0.2, 0.25) is 15.9 Å². The van der Waals surface area contributed by atoms with E-state index in [1.807, 2.05) is 32.0 Å². The molecule has 2 heterocycles. The number of rotatable bonds is 3. The highest BCUT2D eigenvalue weighted by Crippen LogP contribution is 2.42. The average Bonchev–Trinajstić information content (AvgIpc) is 3.23. The van der Waals surface area contributed by atoms with Gasteiger partial charge in [0.1, 0.15) is 0 Å². The lowest BCUT2D eigenvalue weighted by Gasteiger charge is -2.19. The van der Waals surface area contributed by atoms with Crippen LogP contribution in [0.5, 0.6) is 0 Å². The maximum Gasteiger partial charge on any atom is 0.243 e. The largest absolute Gasteiger partial charge is 0.314 e. The monoisotopic (exact) mass is 384 g/mol. The lowest BCUT2D eigenvalue weighted by molar-refractivity contribution is -0.121. The van der Waals surface area contributed by atoms with E-state index in [1.54, 1.807) is 34.5 Å². The zero-order valence-corrected chi connectivity index (χ0v) is 16.7. The summed E-state index contributed by atoms with van der Waals surface area (Å²) in [4.78, 5) is 14.3. The minimum absolute atomic E-state index is 0.0163. The molecule has 2 aliphatic rings. The molecule has 2 aliphatic heterocycles. The minimum atomic E-state index is -3.58. The van der Waals surface area contributed by atoms with Crippen molar-refractivity contribution in [1.29, 1.82) is 0 Å². The van der Waals surface area contributed by atoms with Crippen LogP contribution in [0.1, 0.15) is 37.3 Å². The first-order valence-electron chi connectivity index (χ1n) is 9.20. The molecule has 0 radical (unpaired) electrons. The highest BCUT2D eigenvalue weighted by Gasteiger charge is 2.43. The quantitative estimate of drug-likeness (QED) is 0.817. The van der Waals surface area contributed by atoms with Gasteiger partial charge in [-0.05, 0) is 55.5 Å². The lowest BCUT2D eigenvalue weighted by atomic mass is 9.86. The highest BCUT2D eigenvalue weighted by molar-refractivity contribution is 7.89. The molecule has 1 saturated heterocycles. The van der Waals surface area contributed by atoms with E-state index in [4.69, 9.17) is 0 Å². The molecule has 2 aromatic rings. The number of carbonyl (C=O) groups is 1. The van der Waals surface area contributed by atoms with Crippen LogP contribution in [0, 0.1) is 0 Å². The molecular formula is C21H24N2O3S. The van der Waals surface area contributed by atoms with Gasteiger partial charge in [0.15, 0.2) is 0 Å². The van der Waals surface area contributed by atoms with Crippen molar-refractivity contribution in [3.05, 3.63) is 59.7 Å². The number of carbonyl (C=O) groups excluding carboxylic acids is 1. The van der Waals surface area contributed by atoms with Gasteiger partial charge in [-0.1, -0.05) is 30.3 Å². The predicted octanol–water partition coefficient (Wildman–Crippen LogP) is 3.12. The number of amides is 1. The van der Waals surface area contributed by atoms with Crippen molar-refractivity contribution in [1.82, 2.24) is 4.31 Å². The molecule has 1 amide bonds. The summed E-state index contributed by atoms with van der Waals surface area (Å²) in [6.45, 7) is 4.69. The molecule has 1 unspecified atom stereocenters. The molecule has 5 nitrogen and oxygen atoms in total. The third kappa shape index (κ3) is 2.78. The van der Waals surface area contributed by atoms with Gasteiger partial charge in [-0.25, -0.2) is 8.42 Å². The van der Waals surface area contributed by atoms with Gasteiger partial charge < -0.3 is 4.90 Å². The van der Waals surface area contributed by atoms with Gasteiger partial charge in [0.25, 0.3) is 0 Å². The number of benzene rings is 2. The molecule has 2 aromatic carbocycles. The first-order valence-corrected chi connectivity index (χ1v) is 10.6. The Morgan fingerprint density at radius 1 is 1.07 bits per heavy atom. The lowest BCUT2D eigenvalue weighted by Crippen LogP contribution is -2.33. The fraction of sp³-hybridized carbons (Fsp3) is 0.381. The molecule has 0 saturated carbocycles. The number of hydrogen-bond acceptors (Lipinski definition) is 3. The normalized spacial score (nSPS) is 22.3. The number of likely N-dealkylation sites (N-methyl/N-ethyl adjacent to an activating group) is 1. The third-order valence-corrected chi connectivity index (χ3v) is 7.76. The van der Waals surface area contributed by atoms with Crippen molar-refractivity contribution >= 4 is 21.6 Å². The topological polar surface area (TPSA) is 57.7 Å². The molecule has 6 heteroatoms. The van der Waals surface area contributed by atoms with Crippen molar-refractivity contribution in [2.24, 2.45) is 0 Å². The first kappa shape index (κ1) is 18.2. The zero-order valence-electron chi connectivity index (χ0n) is 15.8. The molecule has 0 spiro atoms. The molecule has 4 rings (SSSR count). The summed E-state index contributed by atoms with van der Waals surface area (Å²) in [6, 6.07) is 15.1. The molecule has 0 aromatic heterocycles. The summed E-state index contributed by atoms with van der Waals surface area (Å²) >= 11 is 0. The third-order valence-electron chi connectivity index (χ3n) is 5.90. The Hall–Kier alpha value is -2.18. The minimum Gasteiger partial charge on any atom is -0.314 e. The first-order chi connectivity index (χ1) is 12.7. The number of fused-ring (bicyclic) bond motifs is 1. The molecule has 1 atom stereocenters. The average molecular weight is 385 g/mol. The summed E-state index contributed by atoms with van der Waals surface area (Å²) in [6.07, 6.45) is 0.820. The highest BCUT2D eigenvalue weighted by atomic mass is 32.2. The summed E-state index contributed by atoms with van der Waals surface area (Å²) in [5.74, 6) is 0.205. The Bertz CT molecular complexity index is 999. The van der Waals surface area contributed by atoms with Crippen LogP contribution in [0.15, 0.2) is 53.4 Å². The second-order valence-corrected chi connectivity index (χ2v) is 9.87. The molecule has 1 fully saturated rings. The van der Waals surface area contributed by atoms with Gasteiger partial charge in [0, 0.05) is 25.8 Å². The second-order valence-electron chi connectivity index (χ2n) is 7.93. The Morgan fingerprint density at radius 3 is 2.48 bits per heavy atom. The standard InChI is InChI=1S/C21H24N2O3S/c1-21(2)18-13-17(9-10-19(18)22(3)20(21)24)27(25,26)23-12-11-16(14-23)15-7-5-4-6-8-15/h4-10,13,16H,11-12,14H2,1-3H3. The van der Waals surface area contributed by atoms with Crippen LogP contribution in [0.3, 0.4) is 0 Å². The van der Waals surface area contributed by atoms with Crippen LogP contribution in [0.4, 0.5) is 5.69 Å². The fourth-order valence-electron chi connectivity index (χ4n) is 4.21. The van der Waals surface area contributed by atoms with Crippen molar-refractivity contribution in [3.8, 4) is 0 Å². The Labute approximate surface area is 160 Å². The Morgan fingerprint density at radius 2 is 1.78 bits per heavy atom. The summed E-state index contributed by atoms with van der Waals surface area (Å²) < 4.78 is 28.0. The molecule has 142 valence electrons. The van der Waals surface area contributed by atoms with E-state index >= 15 is 0 Å². The van der Waals surface area contributed by atoms with Crippen molar-refractivity contribution in [3.63, 3.8) is 0 Å². The second kappa shape index (κ2) is 6.17. The maximum absolute atomic E-state index is 13.2. The molecule has 0 bridgehead atoms. The van der Waals surface area contributed by atoms with E-state index in [0.29, 0.717) is 13.1 Å². The van der Waals surface area contributed by atoms with Crippen LogP contribution < -0.4 is 4.90 Å². The van der Waals surface area contributed by atoms with Crippen LogP contribution in [0.2, 0.25) is 0 Å². The SMILES string of the molecule is CN1C(=O)C(C)(C)c2cc(S(=O)(=O)N3CCC(c4ccccc4)C3)ccc21. The predicted molar refractivity (Wildman–Crippen MR) is 105 cm³/mol. The number of sulfonamides is 1. The van der Waals surface area contributed by atoms with Gasteiger partial charge >= 0.3 is 0 Å². The molecule has 0 aliphatic carbocycles. The Kier molecular flexibility index (Phi) is 4.16. The van der Waals surface area contributed by atoms with E-state index in [9.17, 15) is 13.2 Å². The van der Waals surface area contributed by atoms with Crippen LogP contribution in [-0.2, 0) is 20.2 Å². The van der Waals surface area contributed by atoms with E-state index in [-0.39, 0.29) is 16.7 Å². The maximum atomic E-state index is 13.2. The van der Waals surface area contributed by atoms with Gasteiger partial charge in [-0.2, -0.15) is 4.31 Å². The zero-order chi connectivity index (χ0) is 19.4. The van der Waals surface area contributed by atoms with Crippen LogP contribution in [0.25, 0.3) is 0 Å². The van der Waals surface area contributed by atoms with Crippen molar-refractivity contribution in [2.75, 3.05) is 25.0 Å². The number of nitrogens with zero attached hydrogens (tertiary/aromatic N) is 2. The van der Waals surface area contributed by atoms with Gasteiger partial charge in [-0.15, -0.1) is 0 Å². The van der Waals surface area contributed by atoms with Crippen molar-refractivity contribution < 1.29 is 13.2 Å². The summed E-state index contributed by atoms with van der Waals surface area (Å²) in [5, 5.41) is 0. The van der Waals surface area contributed by atoms with Gasteiger partial charge in [-0.3, -0.25) is 4.79 Å². The Balaban J connectivity index is 1.65. The molecule has 27 heavy (non-hydrogen) atoms.